The summed E-state index contributed by atoms with van der Waals surface area (Å²) >= 11 is 0. The van der Waals surface area contributed by atoms with Crippen molar-refractivity contribution in [2.75, 3.05) is 0 Å². The Morgan fingerprint density at radius 2 is 1.94 bits per heavy atom. The summed E-state index contributed by atoms with van der Waals surface area (Å²) in [7, 11) is 0. The molecule has 0 N–H and O–H groups in total. The van der Waals surface area contributed by atoms with Gasteiger partial charge in [-0.2, -0.15) is 0 Å². The lowest BCUT2D eigenvalue weighted by atomic mass is 10.2. The predicted molar refractivity (Wildman–Crippen MR) is 49.9 cm³/mol. The van der Waals surface area contributed by atoms with Crippen molar-refractivity contribution in [1.82, 2.24) is 5.23 Å². The van der Waals surface area contributed by atoms with Crippen molar-refractivity contribution in [3.05, 3.63) is 20.2 Å². The van der Waals surface area contributed by atoms with E-state index in [2.05, 4.69) is 0 Å². The van der Waals surface area contributed by atoms with E-state index in [0.717, 1.165) is 0 Å². The minimum absolute atomic E-state index is 0.361. The maximum absolute atomic E-state index is 10.9. The number of hydrogen-bond acceptors (Lipinski definition) is 7. The Bertz CT molecular complexity index is 292. The SMILES string of the molecule is CC(C)ON1OC(C)CC1([N+](=O)[O-])[N+](=O)[O-]. The van der Waals surface area contributed by atoms with E-state index in [9.17, 15) is 20.2 Å². The van der Waals surface area contributed by atoms with E-state index in [4.69, 9.17) is 9.68 Å². The molecule has 16 heavy (non-hydrogen) atoms. The highest BCUT2D eigenvalue weighted by Gasteiger charge is 2.70. The zero-order valence-electron chi connectivity index (χ0n) is 9.15. The molecule has 1 heterocycles. The smallest absolute Gasteiger partial charge is 0.260 e. The molecule has 0 saturated carbocycles. The predicted octanol–water partition coefficient (Wildman–Crippen LogP) is 0.559. The van der Waals surface area contributed by atoms with Crippen LogP contribution in [0, 0.1) is 20.2 Å². The van der Waals surface area contributed by atoms with Gasteiger partial charge >= 0.3 is 5.79 Å². The molecule has 0 aromatic rings. The lowest BCUT2D eigenvalue weighted by Crippen LogP contribution is -2.56. The first-order valence-electron chi connectivity index (χ1n) is 4.73. The summed E-state index contributed by atoms with van der Waals surface area (Å²) in [5.74, 6) is -2.55. The van der Waals surface area contributed by atoms with Gasteiger partial charge in [0.15, 0.2) is 0 Å². The van der Waals surface area contributed by atoms with Gasteiger partial charge in [-0.1, -0.05) is 0 Å². The highest BCUT2D eigenvalue weighted by molar-refractivity contribution is 4.70. The average Bonchev–Trinajstić information content (AvgIpc) is 2.42. The van der Waals surface area contributed by atoms with Crippen molar-refractivity contribution in [2.45, 2.75) is 45.2 Å². The van der Waals surface area contributed by atoms with Crippen molar-refractivity contribution in [3.63, 3.8) is 0 Å². The van der Waals surface area contributed by atoms with Crippen molar-refractivity contribution in [2.24, 2.45) is 0 Å². The van der Waals surface area contributed by atoms with Gasteiger partial charge in [0.05, 0.1) is 17.4 Å². The maximum atomic E-state index is 10.9. The van der Waals surface area contributed by atoms with Gasteiger partial charge in [0, 0.05) is 0 Å². The second-order valence-electron chi connectivity index (χ2n) is 3.82. The molecule has 0 radical (unpaired) electrons. The lowest BCUT2D eigenvalue weighted by molar-refractivity contribution is -0.851. The Morgan fingerprint density at radius 3 is 2.31 bits per heavy atom. The van der Waals surface area contributed by atoms with Gasteiger partial charge in [-0.25, -0.2) is 0 Å². The largest absolute Gasteiger partial charge is 0.568 e. The van der Waals surface area contributed by atoms with E-state index >= 15 is 0 Å². The second-order valence-corrected chi connectivity index (χ2v) is 3.82. The molecule has 0 aromatic carbocycles. The van der Waals surface area contributed by atoms with Crippen LogP contribution in [-0.2, 0) is 9.68 Å². The van der Waals surface area contributed by atoms with Crippen LogP contribution in [0.15, 0.2) is 0 Å². The van der Waals surface area contributed by atoms with Gasteiger partial charge in [-0.05, 0) is 20.8 Å². The quantitative estimate of drug-likeness (QED) is 0.398. The van der Waals surface area contributed by atoms with Crippen LogP contribution in [0.2, 0.25) is 0 Å². The van der Waals surface area contributed by atoms with Crippen LogP contribution in [-0.4, -0.2) is 33.1 Å². The van der Waals surface area contributed by atoms with Crippen molar-refractivity contribution >= 4 is 0 Å². The van der Waals surface area contributed by atoms with Crippen molar-refractivity contribution in [1.29, 1.82) is 0 Å². The van der Waals surface area contributed by atoms with Gasteiger partial charge in [-0.15, -0.1) is 0 Å². The van der Waals surface area contributed by atoms with E-state index < -0.39 is 27.8 Å². The summed E-state index contributed by atoms with van der Waals surface area (Å²) in [6, 6.07) is 0. The molecule has 9 nitrogen and oxygen atoms in total. The van der Waals surface area contributed by atoms with E-state index in [-0.39, 0.29) is 6.42 Å². The fourth-order valence-corrected chi connectivity index (χ4v) is 1.40. The molecule has 1 saturated heterocycles. The van der Waals surface area contributed by atoms with Gasteiger partial charge in [-0.3, -0.25) is 29.9 Å². The summed E-state index contributed by atoms with van der Waals surface area (Å²) in [5.41, 5.74) is 0. The molecule has 1 aliphatic rings. The first-order valence-corrected chi connectivity index (χ1v) is 4.73. The third kappa shape index (κ3) is 1.96. The van der Waals surface area contributed by atoms with Gasteiger partial charge < -0.3 is 0 Å². The number of hydroxylamine groups is 2. The van der Waals surface area contributed by atoms with Crippen LogP contribution in [0.4, 0.5) is 0 Å². The van der Waals surface area contributed by atoms with Crippen molar-refractivity contribution in [3.8, 4) is 0 Å². The molecule has 92 valence electrons. The number of nitrogens with zero attached hydrogens (tertiary/aromatic N) is 3. The Morgan fingerprint density at radius 1 is 1.44 bits per heavy atom. The van der Waals surface area contributed by atoms with Crippen LogP contribution in [0.5, 0.6) is 0 Å². The van der Waals surface area contributed by atoms with E-state index in [1.165, 1.54) is 6.92 Å². The molecule has 1 unspecified atom stereocenters. The minimum atomic E-state index is -2.55. The van der Waals surface area contributed by atoms with E-state index in [1.54, 1.807) is 13.8 Å². The highest BCUT2D eigenvalue weighted by Crippen LogP contribution is 2.33. The molecule has 0 bridgehead atoms. The summed E-state index contributed by atoms with van der Waals surface area (Å²) in [4.78, 5) is 29.6. The molecular formula is C7H13N3O6. The first-order chi connectivity index (χ1) is 7.30. The zero-order valence-corrected chi connectivity index (χ0v) is 9.15. The van der Waals surface area contributed by atoms with Crippen LogP contribution in [0.3, 0.4) is 0 Å². The van der Waals surface area contributed by atoms with Gasteiger partial charge in [0.1, 0.15) is 16.3 Å². The third-order valence-corrected chi connectivity index (χ3v) is 2.02. The summed E-state index contributed by atoms with van der Waals surface area (Å²) in [6.07, 6.45) is -1.46. The molecule has 1 rings (SSSR count). The number of hydrogen-bond donors (Lipinski definition) is 0. The first kappa shape index (κ1) is 12.7. The Balaban J connectivity index is 3.04. The van der Waals surface area contributed by atoms with Gasteiger partial charge in [0.2, 0.25) is 0 Å². The van der Waals surface area contributed by atoms with Gasteiger partial charge in [0.25, 0.3) is 0 Å². The van der Waals surface area contributed by atoms with Crippen LogP contribution < -0.4 is 0 Å². The normalized spacial score (nSPS) is 24.9. The van der Waals surface area contributed by atoms with Crippen LogP contribution in [0.25, 0.3) is 0 Å². The fourth-order valence-electron chi connectivity index (χ4n) is 1.40. The van der Waals surface area contributed by atoms with Crippen molar-refractivity contribution < 1.29 is 19.5 Å². The summed E-state index contributed by atoms with van der Waals surface area (Å²) in [6.45, 7) is 4.69. The average molecular weight is 235 g/mol. The molecule has 9 heteroatoms. The monoisotopic (exact) mass is 235 g/mol. The fraction of sp³-hybridized carbons (Fsp3) is 1.00. The molecule has 1 aliphatic heterocycles. The van der Waals surface area contributed by atoms with Crippen LogP contribution >= 0.6 is 0 Å². The maximum Gasteiger partial charge on any atom is 0.568 e. The standard InChI is InChI=1S/C7H13N3O6/c1-5(2)15-10-7(8(11)12,9(13)14)4-6(3)16-10/h5-6H,4H2,1-3H3. The molecule has 0 amide bonds. The minimum Gasteiger partial charge on any atom is -0.260 e. The van der Waals surface area contributed by atoms with Crippen LogP contribution in [0.1, 0.15) is 27.2 Å². The van der Waals surface area contributed by atoms with E-state index in [1.807, 2.05) is 0 Å². The molecule has 0 spiro atoms. The van der Waals surface area contributed by atoms with E-state index in [0.29, 0.717) is 5.23 Å². The lowest BCUT2D eigenvalue weighted by Gasteiger charge is -2.21. The summed E-state index contributed by atoms with van der Waals surface area (Å²) < 4.78 is 0. The molecule has 0 aliphatic carbocycles. The highest BCUT2D eigenvalue weighted by atomic mass is 17.0. The number of rotatable bonds is 4. The Hall–Kier alpha value is -1.32. The zero-order chi connectivity index (χ0) is 12.5. The number of nitro groups is 2. The molecule has 1 atom stereocenters. The second kappa shape index (κ2) is 4.28. The third-order valence-electron chi connectivity index (χ3n) is 2.02. The molecular weight excluding hydrogens is 222 g/mol. The Labute approximate surface area is 91.1 Å². The summed E-state index contributed by atoms with van der Waals surface area (Å²) in [5, 5.41) is 22.1. The topological polar surface area (TPSA) is 108 Å². The molecule has 0 aromatic heterocycles. The molecule has 1 fully saturated rings. The Kier molecular flexibility index (Phi) is 3.41.